The number of imide groups is 1. The maximum atomic E-state index is 12.2. The number of carbonyl (C=O) groups excluding carboxylic acids is 2. The summed E-state index contributed by atoms with van der Waals surface area (Å²) in [5.74, 6) is -0.0436. The minimum atomic E-state index is -0.256. The lowest BCUT2D eigenvalue weighted by Gasteiger charge is -2.14. The molecule has 4 N–H and O–H groups in total. The fourth-order valence-corrected chi connectivity index (χ4v) is 2.67. The Bertz CT molecular complexity index is 800. The Morgan fingerprint density at radius 1 is 1.08 bits per heavy atom. The van der Waals surface area contributed by atoms with E-state index in [9.17, 15) is 9.59 Å². The molecule has 3 rings (SSSR count). The number of nitrogens with two attached hydrogens (primary N) is 1. The molecule has 0 fully saturated rings. The lowest BCUT2D eigenvalue weighted by molar-refractivity contribution is 0.0647. The van der Waals surface area contributed by atoms with E-state index in [1.165, 1.54) is 4.90 Å². The summed E-state index contributed by atoms with van der Waals surface area (Å²) >= 11 is 0. The fraction of sp³-hybridized carbons (Fsp3) is 0.167. The van der Waals surface area contributed by atoms with Crippen LogP contribution in [0.5, 0.6) is 5.75 Å². The predicted molar refractivity (Wildman–Crippen MR) is 93.9 cm³/mol. The summed E-state index contributed by atoms with van der Waals surface area (Å²) in [5, 5.41) is 9.90. The molecule has 0 saturated heterocycles. The zero-order valence-electron chi connectivity index (χ0n) is 13.5. The Morgan fingerprint density at radius 3 is 2.40 bits per heavy atom. The molecule has 0 atom stereocenters. The average molecular weight is 338 g/mol. The largest absolute Gasteiger partial charge is 0.493 e. The molecule has 2 amide bonds. The number of hydrogen-bond donors (Lipinski definition) is 3. The fourth-order valence-electron chi connectivity index (χ4n) is 2.67. The van der Waals surface area contributed by atoms with Gasteiger partial charge in [-0.2, -0.15) is 0 Å². The summed E-state index contributed by atoms with van der Waals surface area (Å²) in [7, 11) is 0. The summed E-state index contributed by atoms with van der Waals surface area (Å²) in [6.45, 7) is 0.661. The maximum absolute atomic E-state index is 12.2. The van der Waals surface area contributed by atoms with Gasteiger partial charge < -0.3 is 15.8 Å². The molecule has 7 nitrogen and oxygen atoms in total. The zero-order valence-corrected chi connectivity index (χ0v) is 13.5. The van der Waals surface area contributed by atoms with Crippen LogP contribution in [0.15, 0.2) is 48.5 Å². The summed E-state index contributed by atoms with van der Waals surface area (Å²) in [4.78, 5) is 25.7. The van der Waals surface area contributed by atoms with Gasteiger partial charge in [0.1, 0.15) is 5.75 Å². The van der Waals surface area contributed by atoms with E-state index < -0.39 is 0 Å². The van der Waals surface area contributed by atoms with Crippen LogP contribution >= 0.6 is 0 Å². The van der Waals surface area contributed by atoms with E-state index in [4.69, 9.17) is 15.9 Å². The normalized spacial score (nSPS) is 12.9. The zero-order chi connectivity index (χ0) is 17.8. The van der Waals surface area contributed by atoms with Crippen molar-refractivity contribution >= 4 is 23.5 Å². The highest BCUT2D eigenvalue weighted by Crippen LogP contribution is 2.22. The van der Waals surface area contributed by atoms with Crippen LogP contribution in [-0.4, -0.2) is 35.8 Å². The third-order valence-electron chi connectivity index (χ3n) is 3.79. The monoisotopic (exact) mass is 338 g/mol. The van der Waals surface area contributed by atoms with Gasteiger partial charge in [-0.05, 0) is 30.7 Å². The van der Waals surface area contributed by atoms with Crippen molar-refractivity contribution in [1.82, 2.24) is 4.90 Å². The van der Waals surface area contributed by atoms with E-state index in [0.29, 0.717) is 42.1 Å². The molecule has 0 bridgehead atoms. The quantitative estimate of drug-likeness (QED) is 0.323. The Hall–Kier alpha value is -3.35. The molecular weight excluding hydrogens is 320 g/mol. The summed E-state index contributed by atoms with van der Waals surface area (Å²) in [6, 6.07) is 13.9. The standard InChI is InChI=1S/C18H18N4O3/c19-18(20)21-12-5-3-6-13(11-12)25-10-4-9-22-16(23)14-7-1-2-8-15(14)17(22)24/h1-3,5-8,11H,4,9-10H2,(H4,19,20,21). The first-order valence-electron chi connectivity index (χ1n) is 7.85. The number of ether oxygens (including phenoxy) is 1. The highest BCUT2D eigenvalue weighted by atomic mass is 16.5. The molecule has 1 aliphatic rings. The van der Waals surface area contributed by atoms with Crippen LogP contribution in [0, 0.1) is 5.41 Å². The highest BCUT2D eigenvalue weighted by Gasteiger charge is 2.34. The van der Waals surface area contributed by atoms with Gasteiger partial charge in [-0.15, -0.1) is 0 Å². The first-order valence-corrected chi connectivity index (χ1v) is 7.85. The number of anilines is 1. The van der Waals surface area contributed by atoms with Crippen LogP contribution in [0.4, 0.5) is 5.69 Å². The SMILES string of the molecule is N=C(N)Nc1cccc(OCCCN2C(=O)c3ccccc3C2=O)c1. The molecule has 25 heavy (non-hydrogen) atoms. The van der Waals surface area contributed by atoms with Gasteiger partial charge in [0, 0.05) is 18.3 Å². The van der Waals surface area contributed by atoms with Crippen LogP contribution in [-0.2, 0) is 0 Å². The van der Waals surface area contributed by atoms with E-state index in [1.54, 1.807) is 48.5 Å². The van der Waals surface area contributed by atoms with Crippen molar-refractivity contribution < 1.29 is 14.3 Å². The van der Waals surface area contributed by atoms with Crippen LogP contribution in [0.25, 0.3) is 0 Å². The Labute approximate surface area is 144 Å². The number of rotatable bonds is 6. The summed E-state index contributed by atoms with van der Waals surface area (Å²) in [6.07, 6.45) is 0.524. The minimum Gasteiger partial charge on any atom is -0.493 e. The van der Waals surface area contributed by atoms with Crippen LogP contribution in [0.3, 0.4) is 0 Å². The van der Waals surface area contributed by atoms with Crippen LogP contribution in [0.2, 0.25) is 0 Å². The molecule has 128 valence electrons. The number of benzene rings is 2. The van der Waals surface area contributed by atoms with Crippen LogP contribution in [0.1, 0.15) is 27.1 Å². The molecule has 0 saturated carbocycles. The number of nitrogens with one attached hydrogen (secondary N) is 2. The third kappa shape index (κ3) is 3.60. The predicted octanol–water partition coefficient (Wildman–Crippen LogP) is 2.06. The van der Waals surface area contributed by atoms with Gasteiger partial charge in [0.2, 0.25) is 0 Å². The third-order valence-corrected chi connectivity index (χ3v) is 3.79. The van der Waals surface area contributed by atoms with Crippen LogP contribution < -0.4 is 15.8 Å². The summed E-state index contributed by atoms with van der Waals surface area (Å²) < 4.78 is 5.64. The van der Waals surface area contributed by atoms with E-state index >= 15 is 0 Å². The van der Waals surface area contributed by atoms with E-state index in [2.05, 4.69) is 5.32 Å². The molecule has 0 radical (unpaired) electrons. The minimum absolute atomic E-state index is 0.150. The topological polar surface area (TPSA) is 109 Å². The first-order chi connectivity index (χ1) is 12.1. The van der Waals surface area contributed by atoms with E-state index in [0.717, 1.165) is 0 Å². The number of guanidine groups is 1. The average Bonchev–Trinajstić information content (AvgIpc) is 2.83. The van der Waals surface area contributed by atoms with Crippen molar-refractivity contribution in [3.8, 4) is 5.75 Å². The second-order valence-electron chi connectivity index (χ2n) is 5.58. The molecule has 1 heterocycles. The van der Waals surface area contributed by atoms with Crippen molar-refractivity contribution in [3.63, 3.8) is 0 Å². The second kappa shape index (κ2) is 7.04. The molecule has 2 aromatic carbocycles. The molecule has 1 aliphatic heterocycles. The van der Waals surface area contributed by atoms with Gasteiger partial charge in [-0.1, -0.05) is 18.2 Å². The van der Waals surface area contributed by atoms with Gasteiger partial charge in [0.15, 0.2) is 5.96 Å². The van der Waals surface area contributed by atoms with Crippen molar-refractivity contribution in [1.29, 1.82) is 5.41 Å². The van der Waals surface area contributed by atoms with Crippen molar-refractivity contribution in [3.05, 3.63) is 59.7 Å². The number of carbonyl (C=O) groups is 2. The maximum Gasteiger partial charge on any atom is 0.261 e. The second-order valence-corrected chi connectivity index (χ2v) is 5.58. The highest BCUT2D eigenvalue weighted by molar-refractivity contribution is 6.21. The molecule has 0 aliphatic carbocycles. The van der Waals surface area contributed by atoms with E-state index in [1.807, 2.05) is 0 Å². The summed E-state index contributed by atoms with van der Waals surface area (Å²) in [5.41, 5.74) is 6.86. The molecule has 0 aromatic heterocycles. The van der Waals surface area contributed by atoms with Crippen molar-refractivity contribution in [2.75, 3.05) is 18.5 Å². The number of amides is 2. The van der Waals surface area contributed by atoms with Gasteiger partial charge >= 0.3 is 0 Å². The molecule has 2 aromatic rings. The molecule has 0 unspecified atom stereocenters. The number of nitrogens with zero attached hydrogens (tertiary/aromatic N) is 1. The van der Waals surface area contributed by atoms with E-state index in [-0.39, 0.29) is 17.8 Å². The van der Waals surface area contributed by atoms with Gasteiger partial charge in [0.25, 0.3) is 11.8 Å². The Balaban J connectivity index is 1.52. The lowest BCUT2D eigenvalue weighted by Crippen LogP contribution is -2.31. The van der Waals surface area contributed by atoms with Gasteiger partial charge in [0.05, 0.1) is 17.7 Å². The smallest absolute Gasteiger partial charge is 0.261 e. The molecular formula is C18H18N4O3. The Morgan fingerprint density at radius 2 is 1.76 bits per heavy atom. The molecule has 7 heteroatoms. The number of hydrogen-bond acceptors (Lipinski definition) is 4. The van der Waals surface area contributed by atoms with Gasteiger partial charge in [-0.3, -0.25) is 19.9 Å². The van der Waals surface area contributed by atoms with Crippen molar-refractivity contribution in [2.24, 2.45) is 5.73 Å². The number of fused-ring (bicyclic) bond motifs is 1. The van der Waals surface area contributed by atoms with Crippen molar-refractivity contribution in [2.45, 2.75) is 6.42 Å². The van der Waals surface area contributed by atoms with Gasteiger partial charge in [-0.25, -0.2) is 0 Å². The Kier molecular flexibility index (Phi) is 4.65. The first kappa shape index (κ1) is 16.5. The lowest BCUT2D eigenvalue weighted by atomic mass is 10.1. The molecule has 0 spiro atoms.